The van der Waals surface area contributed by atoms with Gasteiger partial charge in [0.25, 0.3) is 0 Å². The zero-order valence-electron chi connectivity index (χ0n) is 13.5. The van der Waals surface area contributed by atoms with Crippen LogP contribution in [0.1, 0.15) is 0 Å². The van der Waals surface area contributed by atoms with Gasteiger partial charge in [-0.25, -0.2) is 0 Å². The summed E-state index contributed by atoms with van der Waals surface area (Å²) in [5, 5.41) is 76.8. The van der Waals surface area contributed by atoms with E-state index in [0.29, 0.717) is 0 Å². The van der Waals surface area contributed by atoms with Crippen molar-refractivity contribution in [2.75, 3.05) is 13.2 Å². The van der Waals surface area contributed by atoms with Crippen molar-refractivity contribution in [2.45, 2.75) is 58.2 Å². The maximum atomic E-state index is 10.9. The van der Waals surface area contributed by atoms with E-state index in [0.717, 1.165) is 0 Å². The predicted octanol–water partition coefficient (Wildman–Crippen LogP) is -4.80. The fourth-order valence-electron chi connectivity index (χ4n) is 2.71. The second-order valence-corrected chi connectivity index (χ2v) is 11.8. The second kappa shape index (κ2) is 10.0. The average molecular weight is 472 g/mol. The van der Waals surface area contributed by atoms with Gasteiger partial charge in [0.15, 0.2) is 0 Å². The van der Waals surface area contributed by atoms with Gasteiger partial charge in [-0.2, -0.15) is 0 Å². The molecule has 26 heavy (non-hydrogen) atoms. The molecule has 12 nitrogen and oxygen atoms in total. The molecule has 0 aromatic rings. The Bertz CT molecular complexity index is 532. The zero-order valence-corrected chi connectivity index (χ0v) is 16.0. The van der Waals surface area contributed by atoms with Crippen LogP contribution in [0.15, 0.2) is 0 Å². The molecule has 1 fully saturated rings. The van der Waals surface area contributed by atoms with E-state index in [2.05, 4.69) is 4.18 Å². The van der Waals surface area contributed by atoms with Crippen LogP contribution >= 0.6 is 0 Å². The Morgan fingerprint density at radius 3 is 2.08 bits per heavy atom. The first-order valence-corrected chi connectivity index (χ1v) is 12.3. The van der Waals surface area contributed by atoms with E-state index >= 15 is 0 Å². The number of hydrogen-bond acceptors (Lipinski definition) is 11. The fourth-order valence-corrected chi connectivity index (χ4v) is 9.42. The van der Waals surface area contributed by atoms with E-state index in [1.807, 2.05) is 0 Å². The van der Waals surface area contributed by atoms with Gasteiger partial charge < -0.3 is 0 Å². The Morgan fingerprint density at radius 1 is 1.04 bits per heavy atom. The maximum absolute atomic E-state index is 10.9. The van der Waals surface area contributed by atoms with Gasteiger partial charge in [-0.15, -0.1) is 0 Å². The summed E-state index contributed by atoms with van der Waals surface area (Å²) in [7, 11) is -5.13. The van der Waals surface area contributed by atoms with Gasteiger partial charge >= 0.3 is 154 Å². The average Bonchev–Trinajstić information content (AvgIpc) is 2.83. The van der Waals surface area contributed by atoms with E-state index in [1.165, 1.54) is 0 Å². The van der Waals surface area contributed by atoms with Crippen molar-refractivity contribution >= 4 is 24.3 Å². The predicted molar refractivity (Wildman–Crippen MR) is 85.8 cm³/mol. The van der Waals surface area contributed by atoms with Crippen molar-refractivity contribution in [3.8, 4) is 0 Å². The van der Waals surface area contributed by atoms with Crippen molar-refractivity contribution in [2.24, 2.45) is 0 Å². The Kier molecular flexibility index (Phi) is 9.29. The molecule has 9 N–H and O–H groups in total. The number of aliphatic hydroxyl groups is 8. The molecule has 0 bridgehead atoms. The summed E-state index contributed by atoms with van der Waals surface area (Å²) in [6.45, 7) is -1.69. The molecule has 1 aliphatic heterocycles. The van der Waals surface area contributed by atoms with Gasteiger partial charge in [-0.05, 0) is 0 Å². The van der Waals surface area contributed by atoms with E-state index < -0.39 is 85.1 Å². The summed E-state index contributed by atoms with van der Waals surface area (Å²) in [6, 6.07) is 0. The minimum atomic E-state index is -5.13. The van der Waals surface area contributed by atoms with E-state index in [-0.39, 0.29) is 10.6 Å². The molecule has 0 spiro atoms. The second-order valence-electron chi connectivity index (χ2n) is 5.94. The normalized spacial score (nSPS) is 32.8. The monoisotopic (exact) mass is 473 g/mol. The quantitative estimate of drug-likeness (QED) is 0.108. The van der Waals surface area contributed by atoms with Crippen LogP contribution < -0.4 is 0 Å². The van der Waals surface area contributed by atoms with Crippen LogP contribution in [0.5, 0.6) is 0 Å². The van der Waals surface area contributed by atoms with Gasteiger partial charge in [-0.1, -0.05) is 0 Å². The zero-order chi connectivity index (χ0) is 20.2. The molecule has 0 aliphatic carbocycles. The molecular formula is C12H25O12SSe+. The van der Waals surface area contributed by atoms with Crippen molar-refractivity contribution in [3.05, 3.63) is 0 Å². The van der Waals surface area contributed by atoms with Gasteiger partial charge in [0.2, 0.25) is 0 Å². The Balaban J connectivity index is 2.98. The Morgan fingerprint density at radius 2 is 1.62 bits per heavy atom. The van der Waals surface area contributed by atoms with Crippen molar-refractivity contribution < 1.29 is 58.0 Å². The van der Waals surface area contributed by atoms with E-state index in [9.17, 15) is 39.1 Å². The molecule has 0 radical (unpaired) electrons. The van der Waals surface area contributed by atoms with Gasteiger partial charge in [0.05, 0.1) is 0 Å². The topological polar surface area (TPSA) is 225 Å². The molecule has 0 aromatic heterocycles. The van der Waals surface area contributed by atoms with Crippen LogP contribution in [0, 0.1) is 0 Å². The SMILES string of the molecule is O=S(=O)(O)O[C@@H]([C@H](O)[C@H](O)CO)[C@@H](O)C[Se+]1C[C@@H](O)[C@@H](O)[C@@H]1[C@H](O)CO. The first kappa shape index (κ1) is 24.1. The van der Waals surface area contributed by atoms with Crippen LogP contribution in [0.25, 0.3) is 0 Å². The summed E-state index contributed by atoms with van der Waals surface area (Å²) < 4.78 is 34.9. The van der Waals surface area contributed by atoms with Crippen LogP contribution in [-0.4, -0.2) is 124 Å². The summed E-state index contributed by atoms with van der Waals surface area (Å²) >= 11 is -2.26. The molecular weight excluding hydrogens is 447 g/mol. The summed E-state index contributed by atoms with van der Waals surface area (Å²) in [5.41, 5.74) is 0. The molecule has 156 valence electrons. The molecule has 0 amide bonds. The molecule has 9 atom stereocenters. The molecule has 14 heteroatoms. The fraction of sp³-hybridized carbons (Fsp3) is 1.00. The molecule has 1 unspecified atom stereocenters. The third-order valence-corrected chi connectivity index (χ3v) is 10.5. The van der Waals surface area contributed by atoms with Crippen LogP contribution in [0.4, 0.5) is 0 Å². The molecule has 1 aliphatic rings. The molecule has 1 rings (SSSR count). The van der Waals surface area contributed by atoms with Crippen LogP contribution in [0.3, 0.4) is 0 Å². The van der Waals surface area contributed by atoms with E-state index in [4.69, 9.17) is 14.8 Å². The van der Waals surface area contributed by atoms with Crippen molar-refractivity contribution in [3.63, 3.8) is 0 Å². The standard InChI is InChI=1S/C12H24O12SSe/c13-1-5(15)9(19)11(24-25(21,22)23)8(18)4-26-3-7(17)10(20)12(26)6(16)2-14/h5-20H,1-4H2/p+1/t5-,6-,7-,8+,9-,10-,11-,12+,26?/m1/s1. The number of rotatable bonds is 10. The first-order valence-electron chi connectivity index (χ1n) is 7.55. The van der Waals surface area contributed by atoms with Gasteiger partial charge in [0, 0.05) is 0 Å². The van der Waals surface area contributed by atoms with Crippen molar-refractivity contribution in [1.82, 2.24) is 0 Å². The van der Waals surface area contributed by atoms with Crippen LogP contribution in [0.2, 0.25) is 15.5 Å². The third-order valence-electron chi connectivity index (χ3n) is 3.98. The minimum absolute atomic E-state index is 0.0111. The van der Waals surface area contributed by atoms with E-state index in [1.54, 1.807) is 0 Å². The van der Waals surface area contributed by atoms with Crippen molar-refractivity contribution in [1.29, 1.82) is 0 Å². The molecule has 0 saturated carbocycles. The third kappa shape index (κ3) is 6.31. The van der Waals surface area contributed by atoms with Gasteiger partial charge in [0.1, 0.15) is 0 Å². The van der Waals surface area contributed by atoms with Crippen LogP contribution in [-0.2, 0) is 14.6 Å². The molecule has 1 saturated heterocycles. The molecule has 1 heterocycles. The number of aliphatic hydroxyl groups excluding tert-OH is 8. The summed E-state index contributed by atoms with van der Waals surface area (Å²) in [4.78, 5) is -0.934. The Labute approximate surface area is 154 Å². The number of hydrogen-bond donors (Lipinski definition) is 9. The summed E-state index contributed by atoms with van der Waals surface area (Å²) in [5.74, 6) is 0. The first-order chi connectivity index (χ1) is 11.9. The van der Waals surface area contributed by atoms with Gasteiger partial charge in [-0.3, -0.25) is 0 Å². The molecule has 0 aromatic carbocycles. The Hall–Kier alpha value is 0.0695. The summed E-state index contributed by atoms with van der Waals surface area (Å²) in [6.07, 6.45) is -11.7.